The highest BCUT2D eigenvalue weighted by Crippen LogP contribution is 2.21. The van der Waals surface area contributed by atoms with Crippen molar-refractivity contribution in [2.75, 3.05) is 0 Å². The lowest BCUT2D eigenvalue weighted by Gasteiger charge is -2.00. The summed E-state index contributed by atoms with van der Waals surface area (Å²) in [6, 6.07) is 3.40. The first kappa shape index (κ1) is 8.38. The van der Waals surface area contributed by atoms with Crippen LogP contribution in [0, 0.1) is 12.3 Å². The van der Waals surface area contributed by atoms with Gasteiger partial charge in [0.05, 0.1) is 0 Å². The fourth-order valence-corrected chi connectivity index (χ4v) is 1.04. The lowest BCUT2D eigenvalue weighted by Crippen LogP contribution is -1.92. The van der Waals surface area contributed by atoms with Crippen molar-refractivity contribution in [2.45, 2.75) is 12.5 Å². The molecule has 0 radical (unpaired) electrons. The van der Waals surface area contributed by atoms with Crippen LogP contribution in [0.15, 0.2) is 21.2 Å². The molecule has 0 aliphatic heterocycles. The van der Waals surface area contributed by atoms with E-state index in [4.69, 9.17) is 10.8 Å². The van der Waals surface area contributed by atoms with E-state index in [2.05, 4.69) is 21.9 Å². The van der Waals surface area contributed by atoms with E-state index in [0.717, 1.165) is 0 Å². The molecule has 58 valence electrons. The molecule has 1 atom stereocenters. The zero-order valence-corrected chi connectivity index (χ0v) is 7.34. The monoisotopic (exact) mass is 214 g/mol. The van der Waals surface area contributed by atoms with Gasteiger partial charge >= 0.3 is 0 Å². The van der Waals surface area contributed by atoms with Gasteiger partial charge in [-0.3, -0.25) is 0 Å². The zero-order chi connectivity index (χ0) is 8.27. The summed E-state index contributed by atoms with van der Waals surface area (Å²) in [5, 5.41) is 9.28. The molecular weight excluding hydrogens is 208 g/mol. The maximum atomic E-state index is 9.28. The third kappa shape index (κ3) is 2.11. The Balaban J connectivity index is 2.70. The van der Waals surface area contributed by atoms with Gasteiger partial charge in [-0.1, -0.05) is 0 Å². The predicted molar refractivity (Wildman–Crippen MR) is 44.8 cm³/mol. The average molecular weight is 215 g/mol. The van der Waals surface area contributed by atoms with Crippen LogP contribution in [-0.4, -0.2) is 5.11 Å². The van der Waals surface area contributed by atoms with Crippen molar-refractivity contribution >= 4 is 15.9 Å². The van der Waals surface area contributed by atoms with Crippen LogP contribution >= 0.6 is 15.9 Å². The Kier molecular flexibility index (Phi) is 2.75. The van der Waals surface area contributed by atoms with Crippen LogP contribution in [0.3, 0.4) is 0 Å². The van der Waals surface area contributed by atoms with Crippen LogP contribution < -0.4 is 0 Å². The second-order valence-electron chi connectivity index (χ2n) is 2.07. The lowest BCUT2D eigenvalue weighted by molar-refractivity contribution is 0.154. The fraction of sp³-hybridized carbons (Fsp3) is 0.250. The first-order valence-electron chi connectivity index (χ1n) is 3.11. The Morgan fingerprint density at radius 1 is 1.73 bits per heavy atom. The number of hydrogen-bond acceptors (Lipinski definition) is 2. The molecule has 0 saturated carbocycles. The molecule has 1 rings (SSSR count). The molecule has 11 heavy (non-hydrogen) atoms. The number of rotatable bonds is 2. The zero-order valence-electron chi connectivity index (χ0n) is 5.75. The number of halogens is 1. The van der Waals surface area contributed by atoms with E-state index in [-0.39, 0.29) is 6.42 Å². The third-order valence-electron chi connectivity index (χ3n) is 1.23. The topological polar surface area (TPSA) is 33.4 Å². The Bertz CT molecular complexity index is 272. The molecule has 2 nitrogen and oxygen atoms in total. The van der Waals surface area contributed by atoms with Crippen molar-refractivity contribution < 1.29 is 9.52 Å². The van der Waals surface area contributed by atoms with Gasteiger partial charge in [0.2, 0.25) is 0 Å². The molecule has 0 aliphatic rings. The highest BCUT2D eigenvalue weighted by Gasteiger charge is 2.09. The average Bonchev–Trinajstić information content (AvgIpc) is 2.36. The Morgan fingerprint density at radius 3 is 2.91 bits per heavy atom. The minimum atomic E-state index is -0.689. The van der Waals surface area contributed by atoms with E-state index in [1.54, 1.807) is 12.1 Å². The van der Waals surface area contributed by atoms with Crippen molar-refractivity contribution in [3.8, 4) is 12.3 Å². The highest BCUT2D eigenvalue weighted by molar-refractivity contribution is 9.10. The summed E-state index contributed by atoms with van der Waals surface area (Å²) in [5.41, 5.74) is 0. The van der Waals surface area contributed by atoms with Gasteiger partial charge in [0.25, 0.3) is 0 Å². The molecular formula is C8H7BrO2. The number of furan rings is 1. The fourth-order valence-electron chi connectivity index (χ4n) is 0.720. The van der Waals surface area contributed by atoms with Crippen molar-refractivity contribution in [2.24, 2.45) is 0 Å². The normalized spacial score (nSPS) is 12.5. The quantitative estimate of drug-likeness (QED) is 0.766. The van der Waals surface area contributed by atoms with E-state index < -0.39 is 6.10 Å². The van der Waals surface area contributed by atoms with E-state index in [0.29, 0.717) is 10.4 Å². The van der Waals surface area contributed by atoms with Crippen molar-refractivity contribution in [1.82, 2.24) is 0 Å². The van der Waals surface area contributed by atoms with Gasteiger partial charge in [0.1, 0.15) is 11.9 Å². The summed E-state index contributed by atoms with van der Waals surface area (Å²) in [4.78, 5) is 0. The van der Waals surface area contributed by atoms with Crippen LogP contribution in [-0.2, 0) is 0 Å². The summed E-state index contributed by atoms with van der Waals surface area (Å²) < 4.78 is 5.67. The van der Waals surface area contributed by atoms with Gasteiger partial charge < -0.3 is 9.52 Å². The second kappa shape index (κ2) is 3.61. The Labute approximate surface area is 73.3 Å². The van der Waals surface area contributed by atoms with E-state index in [1.807, 2.05) is 0 Å². The van der Waals surface area contributed by atoms with Gasteiger partial charge in [-0.05, 0) is 28.1 Å². The molecule has 0 fully saturated rings. The first-order chi connectivity index (χ1) is 5.24. The summed E-state index contributed by atoms with van der Waals surface area (Å²) in [7, 11) is 0. The molecule has 0 saturated heterocycles. The molecule has 0 bridgehead atoms. The van der Waals surface area contributed by atoms with E-state index >= 15 is 0 Å². The van der Waals surface area contributed by atoms with Crippen LogP contribution in [0.2, 0.25) is 0 Å². The molecule has 0 spiro atoms. The van der Waals surface area contributed by atoms with Crippen molar-refractivity contribution in [3.63, 3.8) is 0 Å². The smallest absolute Gasteiger partial charge is 0.169 e. The largest absolute Gasteiger partial charge is 0.452 e. The second-order valence-corrected chi connectivity index (χ2v) is 2.85. The maximum Gasteiger partial charge on any atom is 0.169 e. The molecule has 0 aromatic carbocycles. The standard InChI is InChI=1S/C8H7BrO2/c1-2-3-6(10)7-4-5-8(9)11-7/h1,4-6,10H,3H2. The van der Waals surface area contributed by atoms with Crippen LogP contribution in [0.5, 0.6) is 0 Å². The predicted octanol–water partition coefficient (Wildman–Crippen LogP) is 2.10. The van der Waals surface area contributed by atoms with Gasteiger partial charge in [-0.15, -0.1) is 12.3 Å². The van der Waals surface area contributed by atoms with Crippen LogP contribution in [0.4, 0.5) is 0 Å². The van der Waals surface area contributed by atoms with Gasteiger partial charge in [0.15, 0.2) is 4.67 Å². The van der Waals surface area contributed by atoms with Crippen LogP contribution in [0.1, 0.15) is 18.3 Å². The molecule has 1 aromatic heterocycles. The maximum absolute atomic E-state index is 9.28. The number of aliphatic hydroxyl groups is 1. The van der Waals surface area contributed by atoms with Crippen molar-refractivity contribution in [1.29, 1.82) is 0 Å². The Hall–Kier alpha value is -0.720. The highest BCUT2D eigenvalue weighted by atomic mass is 79.9. The molecule has 1 N–H and O–H groups in total. The lowest BCUT2D eigenvalue weighted by atomic mass is 10.2. The summed E-state index contributed by atoms with van der Waals surface area (Å²) >= 11 is 3.12. The summed E-state index contributed by atoms with van der Waals surface area (Å²) in [5.74, 6) is 2.85. The summed E-state index contributed by atoms with van der Waals surface area (Å²) in [6.07, 6.45) is 4.60. The van der Waals surface area contributed by atoms with Gasteiger partial charge in [0, 0.05) is 6.42 Å². The van der Waals surface area contributed by atoms with E-state index in [9.17, 15) is 5.11 Å². The first-order valence-corrected chi connectivity index (χ1v) is 3.90. The number of hydrogen-bond donors (Lipinski definition) is 1. The SMILES string of the molecule is C#CCC(O)c1ccc(Br)o1. The van der Waals surface area contributed by atoms with Crippen LogP contribution in [0.25, 0.3) is 0 Å². The molecule has 0 amide bonds. The van der Waals surface area contributed by atoms with Gasteiger partial charge in [-0.2, -0.15) is 0 Å². The molecule has 0 aliphatic carbocycles. The van der Waals surface area contributed by atoms with E-state index in [1.165, 1.54) is 0 Å². The molecule has 1 unspecified atom stereocenters. The number of terminal acetylenes is 1. The third-order valence-corrected chi connectivity index (χ3v) is 1.66. The molecule has 1 heterocycles. The Morgan fingerprint density at radius 2 is 2.45 bits per heavy atom. The molecule has 1 aromatic rings. The minimum absolute atomic E-state index is 0.278. The van der Waals surface area contributed by atoms with Gasteiger partial charge in [-0.25, -0.2) is 0 Å². The summed E-state index contributed by atoms with van der Waals surface area (Å²) in [6.45, 7) is 0. The minimum Gasteiger partial charge on any atom is -0.452 e. The molecule has 3 heteroatoms. The number of aliphatic hydroxyl groups excluding tert-OH is 1. The van der Waals surface area contributed by atoms with Crippen molar-refractivity contribution in [3.05, 3.63) is 22.6 Å².